The fraction of sp³-hybridized carbons (Fsp3) is 0.543. The fourth-order valence-electron chi connectivity index (χ4n) is 10.0. The number of aromatic nitrogens is 1. The Balaban J connectivity index is 1.22. The minimum atomic E-state index is -4.98. The van der Waals surface area contributed by atoms with Gasteiger partial charge in [-0.25, -0.2) is 4.57 Å². The first-order chi connectivity index (χ1) is 22.6. The molecular weight excluding hydrogens is 639 g/mol. The highest BCUT2D eigenvalue weighted by molar-refractivity contribution is 7.46. The zero-order valence-electron chi connectivity index (χ0n) is 27.2. The van der Waals surface area contributed by atoms with Crippen LogP contribution < -0.4 is 5.73 Å². The largest absolute Gasteiger partial charge is 0.470 e. The Hall–Kier alpha value is -2.93. The lowest BCUT2D eigenvalue weighted by atomic mass is 9.46. The number of aliphatic hydroxyl groups excluding tert-OH is 2. The molecule has 1 aromatic carbocycles. The van der Waals surface area contributed by atoms with Crippen LogP contribution in [0.5, 0.6) is 0 Å². The number of nitrogens with zero attached hydrogens (tertiary/aromatic N) is 1. The Morgan fingerprint density at radius 3 is 2.71 bits per heavy atom. The van der Waals surface area contributed by atoms with Gasteiger partial charge in [-0.1, -0.05) is 37.6 Å². The zero-order valence-corrected chi connectivity index (χ0v) is 28.1. The summed E-state index contributed by atoms with van der Waals surface area (Å²) in [5.41, 5.74) is 7.72. The Bertz CT molecular complexity index is 1780. The number of aryl methyl sites for hydroxylation is 1. The quantitative estimate of drug-likeness (QED) is 0.203. The standard InChI is InChI=1S/C35H43N2O10P/c1-33-9-8-24(39)13-22(33)6-7-25-26-14-30-35(29(41)18-45-48(42,43)44,34(26,2)15-28(40)31(25)33)47-32(46-30)21-12-23(37(3)16-21)10-19-4-5-20(17-38)27(36)11-19/h4-5,8-9,11-13,16,25-26,28,30-32,38,40H,6-7,10,14-15,17-18,36H2,1-3H3,(H2,42,43,44)/t25-,26-,28-,30+,31+,32+,33-,34-,35+/m0/s1. The summed E-state index contributed by atoms with van der Waals surface area (Å²) in [7, 11) is -3.08. The van der Waals surface area contributed by atoms with Gasteiger partial charge in [-0.05, 0) is 67.4 Å². The minimum Gasteiger partial charge on any atom is -0.398 e. The smallest absolute Gasteiger partial charge is 0.398 e. The third-order valence-electron chi connectivity index (χ3n) is 12.2. The molecule has 48 heavy (non-hydrogen) atoms. The number of phosphoric acid groups is 1. The number of rotatable bonds is 8. The molecule has 5 aliphatic rings. The lowest BCUT2D eigenvalue weighted by molar-refractivity contribution is -0.200. The van der Waals surface area contributed by atoms with Crippen LogP contribution in [0.25, 0.3) is 0 Å². The predicted molar refractivity (Wildman–Crippen MR) is 173 cm³/mol. The maximum Gasteiger partial charge on any atom is 0.470 e. The van der Waals surface area contributed by atoms with Gasteiger partial charge in [-0.2, -0.15) is 0 Å². The van der Waals surface area contributed by atoms with Crippen molar-refractivity contribution in [1.82, 2.24) is 4.57 Å². The van der Waals surface area contributed by atoms with Crippen LogP contribution in [0.4, 0.5) is 5.69 Å². The fourth-order valence-corrected chi connectivity index (χ4v) is 10.3. The number of hydrogen-bond acceptors (Lipinski definition) is 9. The highest BCUT2D eigenvalue weighted by Gasteiger charge is 2.76. The van der Waals surface area contributed by atoms with Crippen molar-refractivity contribution in [2.24, 2.45) is 35.6 Å². The van der Waals surface area contributed by atoms with Gasteiger partial charge in [0.1, 0.15) is 6.61 Å². The molecule has 4 fully saturated rings. The maximum atomic E-state index is 14.3. The molecule has 2 heterocycles. The number of fused-ring (bicyclic) bond motifs is 7. The number of nitrogens with two attached hydrogens (primary N) is 1. The third-order valence-corrected chi connectivity index (χ3v) is 12.6. The topological polar surface area (TPSA) is 191 Å². The van der Waals surface area contributed by atoms with Gasteiger partial charge >= 0.3 is 7.82 Å². The molecule has 0 radical (unpaired) electrons. The van der Waals surface area contributed by atoms with Gasteiger partial charge in [0.2, 0.25) is 0 Å². The molecular formula is C35H43N2O10P. The van der Waals surface area contributed by atoms with Crippen LogP contribution in [0.1, 0.15) is 68.2 Å². The summed E-state index contributed by atoms with van der Waals surface area (Å²) in [5.74, 6) is -1.00. The number of ketones is 2. The van der Waals surface area contributed by atoms with Gasteiger partial charge in [0, 0.05) is 58.9 Å². The number of carbonyl (C=O) groups is 2. The van der Waals surface area contributed by atoms with Crippen molar-refractivity contribution in [3.8, 4) is 0 Å². The Labute approximate surface area is 278 Å². The molecule has 2 aromatic rings. The number of allylic oxidation sites excluding steroid dienone is 4. The first-order valence-corrected chi connectivity index (χ1v) is 17.9. The van der Waals surface area contributed by atoms with E-state index in [2.05, 4.69) is 6.92 Å². The summed E-state index contributed by atoms with van der Waals surface area (Å²) in [6.45, 7) is 2.98. The molecule has 258 valence electrons. The molecule has 0 unspecified atom stereocenters. The molecule has 1 aromatic heterocycles. The van der Waals surface area contributed by atoms with E-state index in [0.29, 0.717) is 36.1 Å². The Morgan fingerprint density at radius 1 is 1.23 bits per heavy atom. The number of carbonyl (C=O) groups excluding carboxylic acids is 2. The zero-order chi connectivity index (χ0) is 34.4. The number of ether oxygens (including phenoxy) is 2. The molecule has 1 aliphatic heterocycles. The number of nitrogen functional groups attached to an aromatic ring is 1. The lowest BCUT2D eigenvalue weighted by Gasteiger charge is -2.59. The summed E-state index contributed by atoms with van der Waals surface area (Å²) in [5, 5.41) is 21.4. The molecule has 0 spiro atoms. The average Bonchev–Trinajstić information content (AvgIpc) is 3.65. The second-order valence-electron chi connectivity index (χ2n) is 14.7. The molecule has 9 atom stereocenters. The summed E-state index contributed by atoms with van der Waals surface area (Å²) in [6.07, 6.45) is 7.10. The average molecular weight is 683 g/mol. The van der Waals surface area contributed by atoms with E-state index in [1.807, 2.05) is 49.0 Å². The number of aliphatic hydroxyl groups is 2. The molecule has 13 heteroatoms. The van der Waals surface area contributed by atoms with Crippen molar-refractivity contribution in [2.45, 2.75) is 76.7 Å². The van der Waals surface area contributed by atoms with E-state index in [4.69, 9.17) is 19.7 Å². The van der Waals surface area contributed by atoms with Crippen molar-refractivity contribution in [2.75, 3.05) is 12.3 Å². The van der Waals surface area contributed by atoms with Gasteiger partial charge in [0.15, 0.2) is 23.5 Å². The SMILES string of the molecule is Cn1cc([C@@H]2O[C@@H]3C[C@H]4[C@@H]5CCC6=CC(=O)C=C[C@]6(C)[C@H]5[C@@H](O)C[C@]4(C)[C@]3(C(=O)COP(=O)(O)O)O2)cc1Cc1ccc(CO)c(N)c1. The maximum absolute atomic E-state index is 14.3. The highest BCUT2D eigenvalue weighted by atomic mass is 31.2. The van der Waals surface area contributed by atoms with Crippen LogP contribution >= 0.6 is 7.82 Å². The molecule has 0 amide bonds. The molecule has 7 rings (SSSR count). The van der Waals surface area contributed by atoms with E-state index in [9.17, 15) is 34.2 Å². The van der Waals surface area contributed by atoms with E-state index in [-0.39, 0.29) is 36.6 Å². The van der Waals surface area contributed by atoms with Crippen LogP contribution in [0.3, 0.4) is 0 Å². The summed E-state index contributed by atoms with van der Waals surface area (Å²) >= 11 is 0. The number of benzene rings is 1. The minimum absolute atomic E-state index is 0.0182. The van der Waals surface area contributed by atoms with E-state index in [1.165, 1.54) is 0 Å². The monoisotopic (exact) mass is 682 g/mol. The van der Waals surface area contributed by atoms with Gasteiger partial charge in [0.05, 0.1) is 18.8 Å². The van der Waals surface area contributed by atoms with Crippen molar-refractivity contribution < 1.29 is 48.2 Å². The molecule has 1 saturated heterocycles. The van der Waals surface area contributed by atoms with Crippen LogP contribution in [-0.2, 0) is 48.2 Å². The number of anilines is 1. The van der Waals surface area contributed by atoms with E-state index in [0.717, 1.165) is 23.3 Å². The third kappa shape index (κ3) is 5.12. The van der Waals surface area contributed by atoms with Gasteiger partial charge in [0.25, 0.3) is 0 Å². The van der Waals surface area contributed by atoms with E-state index >= 15 is 0 Å². The van der Waals surface area contributed by atoms with Gasteiger partial charge < -0.3 is 39.8 Å². The van der Waals surface area contributed by atoms with E-state index in [1.54, 1.807) is 18.2 Å². The van der Waals surface area contributed by atoms with E-state index < -0.39 is 55.1 Å². The normalized spacial score (nSPS) is 37.1. The summed E-state index contributed by atoms with van der Waals surface area (Å²) in [6, 6.07) is 7.46. The van der Waals surface area contributed by atoms with Gasteiger partial charge in [-0.3, -0.25) is 14.1 Å². The van der Waals surface area contributed by atoms with Crippen LogP contribution in [0.15, 0.2) is 54.3 Å². The first-order valence-electron chi connectivity index (χ1n) is 16.4. The first kappa shape index (κ1) is 33.6. The second kappa shape index (κ2) is 11.6. The molecule has 3 saturated carbocycles. The molecule has 6 N–H and O–H groups in total. The van der Waals surface area contributed by atoms with Crippen LogP contribution in [0.2, 0.25) is 0 Å². The second-order valence-corrected chi connectivity index (χ2v) is 15.9. The predicted octanol–water partition coefficient (Wildman–Crippen LogP) is 3.41. The lowest BCUT2D eigenvalue weighted by Crippen LogP contribution is -2.63. The van der Waals surface area contributed by atoms with Crippen molar-refractivity contribution in [3.05, 3.63) is 76.6 Å². The van der Waals surface area contributed by atoms with Crippen LogP contribution in [-0.4, -0.2) is 60.5 Å². The summed E-state index contributed by atoms with van der Waals surface area (Å²) in [4.78, 5) is 45.5. The number of Topliss-reactive ketones (excluding diaryl/α,β-unsaturated/α-hetero) is 1. The summed E-state index contributed by atoms with van der Waals surface area (Å²) < 4.78 is 31.8. The molecule has 4 aliphatic carbocycles. The van der Waals surface area contributed by atoms with Crippen LogP contribution in [0, 0.1) is 28.6 Å². The number of phosphoric ester groups is 1. The van der Waals surface area contributed by atoms with Crippen molar-refractivity contribution in [1.29, 1.82) is 0 Å². The Morgan fingerprint density at radius 2 is 2.00 bits per heavy atom. The van der Waals surface area contributed by atoms with Gasteiger partial charge in [-0.15, -0.1) is 0 Å². The molecule has 12 nitrogen and oxygen atoms in total. The Kier molecular flexibility index (Phi) is 8.09. The highest BCUT2D eigenvalue weighted by Crippen LogP contribution is 2.70. The van der Waals surface area contributed by atoms with Crippen molar-refractivity contribution >= 4 is 25.1 Å². The number of hydrogen-bond donors (Lipinski definition) is 5. The molecule has 0 bridgehead atoms. The van der Waals surface area contributed by atoms with Crippen molar-refractivity contribution in [3.63, 3.8) is 0 Å².